The zero-order chi connectivity index (χ0) is 12.7. The molecule has 0 spiro atoms. The lowest BCUT2D eigenvalue weighted by atomic mass is 10.0. The zero-order valence-electron chi connectivity index (χ0n) is 10.8. The number of methoxy groups -OCH3 is 1. The molecule has 1 aromatic rings. The van der Waals surface area contributed by atoms with Gasteiger partial charge < -0.3 is 10.1 Å². The van der Waals surface area contributed by atoms with E-state index in [0.717, 1.165) is 18.5 Å². The highest BCUT2D eigenvalue weighted by atomic mass is 16.5. The van der Waals surface area contributed by atoms with Gasteiger partial charge in [0.15, 0.2) is 0 Å². The molecule has 0 saturated heterocycles. The van der Waals surface area contributed by atoms with Gasteiger partial charge in [-0.3, -0.25) is 0 Å². The van der Waals surface area contributed by atoms with Crippen molar-refractivity contribution in [2.45, 2.75) is 26.3 Å². The van der Waals surface area contributed by atoms with Gasteiger partial charge in [0.1, 0.15) is 6.04 Å². The fourth-order valence-electron chi connectivity index (χ4n) is 1.56. The third kappa shape index (κ3) is 4.19. The molecule has 0 aliphatic rings. The van der Waals surface area contributed by atoms with Crippen LogP contribution in [0.1, 0.15) is 31.9 Å². The molecule has 0 amide bonds. The first-order valence-corrected chi connectivity index (χ1v) is 6.05. The molecular weight excluding hydrogens is 214 g/mol. The maximum Gasteiger partial charge on any atom is 0.327 e. The smallest absolute Gasteiger partial charge is 0.327 e. The summed E-state index contributed by atoms with van der Waals surface area (Å²) in [4.78, 5) is 11.7. The van der Waals surface area contributed by atoms with Crippen molar-refractivity contribution >= 4 is 5.97 Å². The Hall–Kier alpha value is -1.35. The summed E-state index contributed by atoms with van der Waals surface area (Å²) in [7, 11) is 1.42. The van der Waals surface area contributed by atoms with Gasteiger partial charge >= 0.3 is 5.97 Å². The highest BCUT2D eigenvalue weighted by molar-refractivity contribution is 5.77. The van der Waals surface area contributed by atoms with Crippen LogP contribution in [0.4, 0.5) is 0 Å². The van der Waals surface area contributed by atoms with E-state index in [1.165, 1.54) is 7.11 Å². The molecule has 1 rings (SSSR count). The monoisotopic (exact) mass is 235 g/mol. The molecule has 17 heavy (non-hydrogen) atoms. The number of nitrogens with one attached hydrogen (secondary N) is 1. The van der Waals surface area contributed by atoms with Gasteiger partial charge in [0.05, 0.1) is 7.11 Å². The number of rotatable bonds is 6. The number of carbonyl (C=O) groups excluding carboxylic acids is 1. The van der Waals surface area contributed by atoms with Gasteiger partial charge in [0, 0.05) is 0 Å². The maximum absolute atomic E-state index is 11.7. The van der Waals surface area contributed by atoms with E-state index >= 15 is 0 Å². The molecule has 0 heterocycles. The van der Waals surface area contributed by atoms with Crippen LogP contribution in [0.15, 0.2) is 30.3 Å². The Morgan fingerprint density at radius 3 is 2.53 bits per heavy atom. The summed E-state index contributed by atoms with van der Waals surface area (Å²) in [6.07, 6.45) is 1.09. The van der Waals surface area contributed by atoms with Gasteiger partial charge in [-0.15, -0.1) is 0 Å². The Bertz CT molecular complexity index is 337. The highest BCUT2D eigenvalue weighted by Crippen LogP contribution is 2.14. The van der Waals surface area contributed by atoms with Crippen LogP contribution in [0.3, 0.4) is 0 Å². The Morgan fingerprint density at radius 1 is 1.35 bits per heavy atom. The van der Waals surface area contributed by atoms with E-state index < -0.39 is 0 Å². The predicted octanol–water partition coefficient (Wildman–Crippen LogP) is 2.54. The lowest BCUT2D eigenvalue weighted by molar-refractivity contribution is -0.143. The number of hydrogen-bond donors (Lipinski definition) is 1. The molecule has 2 atom stereocenters. The molecule has 2 unspecified atom stereocenters. The van der Waals surface area contributed by atoms with E-state index in [1.54, 1.807) is 0 Å². The minimum absolute atomic E-state index is 0.237. The van der Waals surface area contributed by atoms with Gasteiger partial charge in [-0.2, -0.15) is 0 Å². The summed E-state index contributed by atoms with van der Waals surface area (Å²) in [6, 6.07) is 9.30. The van der Waals surface area contributed by atoms with E-state index in [-0.39, 0.29) is 12.0 Å². The van der Waals surface area contributed by atoms with Crippen LogP contribution < -0.4 is 5.32 Å². The fourth-order valence-corrected chi connectivity index (χ4v) is 1.56. The molecular formula is C14H21NO2. The molecule has 3 nitrogen and oxygen atoms in total. The number of hydrogen-bond acceptors (Lipinski definition) is 3. The second-order valence-corrected chi connectivity index (χ2v) is 4.29. The second-order valence-electron chi connectivity index (χ2n) is 4.29. The van der Waals surface area contributed by atoms with Gasteiger partial charge in [-0.1, -0.05) is 50.6 Å². The summed E-state index contributed by atoms with van der Waals surface area (Å²) in [6.45, 7) is 5.11. The van der Waals surface area contributed by atoms with Crippen molar-refractivity contribution in [1.82, 2.24) is 5.32 Å². The highest BCUT2D eigenvalue weighted by Gasteiger charge is 2.20. The van der Waals surface area contributed by atoms with E-state index in [4.69, 9.17) is 4.74 Å². The first-order valence-electron chi connectivity index (χ1n) is 6.05. The fraction of sp³-hybridized carbons (Fsp3) is 0.500. The molecule has 0 aliphatic heterocycles. The third-order valence-electron chi connectivity index (χ3n) is 2.94. The van der Waals surface area contributed by atoms with Crippen LogP contribution in [-0.2, 0) is 9.53 Å². The van der Waals surface area contributed by atoms with Crippen molar-refractivity contribution in [2.75, 3.05) is 13.7 Å². The van der Waals surface area contributed by atoms with E-state index in [9.17, 15) is 4.79 Å². The summed E-state index contributed by atoms with van der Waals surface area (Å²) < 4.78 is 4.83. The lowest BCUT2D eigenvalue weighted by Gasteiger charge is -2.19. The SMILES string of the molecule is CCC(C)CNC(C(=O)OC)c1ccccc1. The molecule has 0 radical (unpaired) electrons. The minimum Gasteiger partial charge on any atom is -0.468 e. The molecule has 94 valence electrons. The Balaban J connectivity index is 2.71. The molecule has 0 aliphatic carbocycles. The van der Waals surface area contributed by atoms with Crippen LogP contribution in [0.25, 0.3) is 0 Å². The van der Waals surface area contributed by atoms with Crippen molar-refractivity contribution in [2.24, 2.45) is 5.92 Å². The lowest BCUT2D eigenvalue weighted by Crippen LogP contribution is -2.32. The van der Waals surface area contributed by atoms with Crippen molar-refractivity contribution < 1.29 is 9.53 Å². The van der Waals surface area contributed by atoms with E-state index in [0.29, 0.717) is 5.92 Å². The van der Waals surface area contributed by atoms with Gasteiger partial charge in [-0.25, -0.2) is 4.79 Å². The van der Waals surface area contributed by atoms with Crippen molar-refractivity contribution in [3.05, 3.63) is 35.9 Å². The number of esters is 1. The largest absolute Gasteiger partial charge is 0.468 e. The van der Waals surface area contributed by atoms with Crippen LogP contribution in [-0.4, -0.2) is 19.6 Å². The zero-order valence-corrected chi connectivity index (χ0v) is 10.8. The molecule has 0 saturated carbocycles. The van der Waals surface area contributed by atoms with Crippen molar-refractivity contribution in [3.63, 3.8) is 0 Å². The number of carbonyl (C=O) groups is 1. The van der Waals surface area contributed by atoms with Crippen LogP contribution in [0.2, 0.25) is 0 Å². The van der Waals surface area contributed by atoms with Crippen LogP contribution in [0, 0.1) is 5.92 Å². The summed E-state index contributed by atoms with van der Waals surface area (Å²) in [5.74, 6) is 0.311. The molecule has 0 aromatic heterocycles. The third-order valence-corrected chi connectivity index (χ3v) is 2.94. The number of benzene rings is 1. The molecule has 0 bridgehead atoms. The van der Waals surface area contributed by atoms with E-state index in [2.05, 4.69) is 19.2 Å². The predicted molar refractivity (Wildman–Crippen MR) is 68.7 cm³/mol. The maximum atomic E-state index is 11.7. The molecule has 1 aromatic carbocycles. The topological polar surface area (TPSA) is 38.3 Å². The van der Waals surface area contributed by atoms with Crippen molar-refractivity contribution in [1.29, 1.82) is 0 Å². The Kier molecular flexibility index (Phi) is 5.70. The van der Waals surface area contributed by atoms with Gasteiger partial charge in [0.25, 0.3) is 0 Å². The van der Waals surface area contributed by atoms with Crippen LogP contribution >= 0.6 is 0 Å². The minimum atomic E-state index is -0.366. The summed E-state index contributed by atoms with van der Waals surface area (Å²) in [5, 5.41) is 3.26. The van der Waals surface area contributed by atoms with Gasteiger partial charge in [-0.05, 0) is 18.0 Å². The van der Waals surface area contributed by atoms with Crippen molar-refractivity contribution in [3.8, 4) is 0 Å². The average molecular weight is 235 g/mol. The average Bonchev–Trinajstić information content (AvgIpc) is 2.39. The normalized spacial score (nSPS) is 14.1. The molecule has 3 heteroatoms. The molecule has 0 fully saturated rings. The number of ether oxygens (including phenoxy) is 1. The Labute approximate surface area is 103 Å². The van der Waals surface area contributed by atoms with Gasteiger partial charge in [0.2, 0.25) is 0 Å². The standard InChI is InChI=1S/C14H21NO2/c1-4-11(2)10-15-13(14(16)17-3)12-8-6-5-7-9-12/h5-9,11,13,15H,4,10H2,1-3H3. The van der Waals surface area contributed by atoms with E-state index in [1.807, 2.05) is 30.3 Å². The second kappa shape index (κ2) is 7.07. The summed E-state index contributed by atoms with van der Waals surface area (Å²) >= 11 is 0. The van der Waals surface area contributed by atoms with Crippen LogP contribution in [0.5, 0.6) is 0 Å². The quantitative estimate of drug-likeness (QED) is 0.770. The first kappa shape index (κ1) is 13.7. The first-order chi connectivity index (χ1) is 8.19. The molecule has 1 N–H and O–H groups in total. The Morgan fingerprint density at radius 2 is 2.00 bits per heavy atom. The summed E-state index contributed by atoms with van der Waals surface area (Å²) in [5.41, 5.74) is 0.947.